The highest BCUT2D eigenvalue weighted by molar-refractivity contribution is 9.11. The number of ether oxygens (including phenoxy) is 1. The van der Waals surface area contributed by atoms with Crippen LogP contribution in [-0.2, 0) is 6.42 Å². The van der Waals surface area contributed by atoms with E-state index in [4.69, 9.17) is 5.26 Å². The Morgan fingerprint density at radius 2 is 2.07 bits per heavy atom. The van der Waals surface area contributed by atoms with Crippen molar-refractivity contribution in [3.8, 4) is 11.8 Å². The number of rotatable bonds is 3. The van der Waals surface area contributed by atoms with Crippen LogP contribution in [0.3, 0.4) is 0 Å². The maximum absolute atomic E-state index is 12.1. The topological polar surface area (TPSA) is 33.0 Å². The molecule has 2 nitrogen and oxygen atoms in total. The molecule has 0 saturated carbocycles. The first-order valence-corrected chi connectivity index (χ1v) is 5.43. The molecule has 0 saturated heterocycles. The Morgan fingerprint density at radius 1 is 1.40 bits per heavy atom. The van der Waals surface area contributed by atoms with Gasteiger partial charge in [-0.3, -0.25) is 0 Å². The van der Waals surface area contributed by atoms with E-state index in [1.807, 2.05) is 6.07 Å². The summed E-state index contributed by atoms with van der Waals surface area (Å²) >= 11 is 6.33. The Bertz CT molecular complexity index is 404. The molecule has 0 fully saturated rings. The molecule has 0 bridgehead atoms. The molecule has 1 aromatic carbocycles. The lowest BCUT2D eigenvalue weighted by Gasteiger charge is -2.10. The largest absolute Gasteiger partial charge is 0.434 e. The number of halogens is 4. The highest BCUT2D eigenvalue weighted by atomic mass is 79.9. The fourth-order valence-electron chi connectivity index (χ4n) is 1.03. The van der Waals surface area contributed by atoms with Crippen LogP contribution >= 0.6 is 31.9 Å². The summed E-state index contributed by atoms with van der Waals surface area (Å²) in [6.07, 6.45) is 0.00984. The van der Waals surface area contributed by atoms with Crippen molar-refractivity contribution in [2.45, 2.75) is 13.0 Å². The molecule has 0 atom stereocenters. The average Bonchev–Trinajstić information content (AvgIpc) is 2.10. The zero-order chi connectivity index (χ0) is 11.4. The van der Waals surface area contributed by atoms with Crippen LogP contribution < -0.4 is 4.74 Å². The van der Waals surface area contributed by atoms with E-state index < -0.39 is 6.61 Å². The van der Waals surface area contributed by atoms with Gasteiger partial charge in [0.2, 0.25) is 0 Å². The van der Waals surface area contributed by atoms with Crippen LogP contribution in [0, 0.1) is 11.3 Å². The lowest BCUT2D eigenvalue weighted by Crippen LogP contribution is -2.04. The maximum atomic E-state index is 12.1. The van der Waals surface area contributed by atoms with Gasteiger partial charge in [-0.25, -0.2) is 0 Å². The second kappa shape index (κ2) is 5.42. The van der Waals surface area contributed by atoms with Gasteiger partial charge in [0.1, 0.15) is 5.75 Å². The molecule has 0 unspecified atom stereocenters. The quantitative estimate of drug-likeness (QED) is 0.836. The van der Waals surface area contributed by atoms with E-state index in [1.165, 1.54) is 6.07 Å². The predicted molar refractivity (Wildman–Crippen MR) is 57.8 cm³/mol. The Hall–Kier alpha value is -0.670. The minimum absolute atomic E-state index is 0.00722. The molecular formula is C9H5Br2F2NO. The molecule has 0 aromatic heterocycles. The summed E-state index contributed by atoms with van der Waals surface area (Å²) in [6.45, 7) is -2.90. The van der Waals surface area contributed by atoms with Crippen molar-refractivity contribution in [1.29, 1.82) is 5.26 Å². The molecule has 80 valence electrons. The van der Waals surface area contributed by atoms with Gasteiger partial charge in [0.25, 0.3) is 0 Å². The summed E-state index contributed by atoms with van der Waals surface area (Å²) in [4.78, 5) is 0. The van der Waals surface area contributed by atoms with Gasteiger partial charge in [-0.2, -0.15) is 14.0 Å². The van der Waals surface area contributed by atoms with Gasteiger partial charge in [0.05, 0.1) is 12.5 Å². The summed E-state index contributed by atoms with van der Waals surface area (Å²) in [5, 5.41) is 8.55. The number of nitriles is 1. The van der Waals surface area contributed by atoms with Gasteiger partial charge < -0.3 is 4.74 Å². The van der Waals surface area contributed by atoms with Crippen molar-refractivity contribution in [3.05, 3.63) is 26.6 Å². The van der Waals surface area contributed by atoms with Crippen molar-refractivity contribution in [2.24, 2.45) is 0 Å². The third-order valence-corrected chi connectivity index (χ3v) is 2.76. The van der Waals surface area contributed by atoms with Crippen molar-refractivity contribution in [1.82, 2.24) is 0 Å². The molecule has 0 aliphatic heterocycles. The maximum Gasteiger partial charge on any atom is 0.387 e. The summed E-state index contributed by atoms with van der Waals surface area (Å²) in [5.41, 5.74) is 0.418. The van der Waals surface area contributed by atoms with E-state index in [-0.39, 0.29) is 12.2 Å². The van der Waals surface area contributed by atoms with Crippen LogP contribution in [0.1, 0.15) is 5.56 Å². The fourth-order valence-corrected chi connectivity index (χ4v) is 2.36. The smallest absolute Gasteiger partial charge is 0.387 e. The average molecular weight is 341 g/mol. The minimum atomic E-state index is -2.90. The molecule has 6 heteroatoms. The van der Waals surface area contributed by atoms with E-state index in [0.29, 0.717) is 14.5 Å². The first kappa shape index (κ1) is 12.4. The second-order valence-electron chi connectivity index (χ2n) is 2.58. The number of hydrogen-bond donors (Lipinski definition) is 0. The third-order valence-electron chi connectivity index (χ3n) is 1.59. The van der Waals surface area contributed by atoms with Crippen LogP contribution in [0.25, 0.3) is 0 Å². The summed E-state index contributed by atoms with van der Waals surface area (Å²) in [6, 6.07) is 4.97. The van der Waals surface area contributed by atoms with Crippen molar-refractivity contribution < 1.29 is 13.5 Å². The zero-order valence-corrected chi connectivity index (χ0v) is 10.5. The predicted octanol–water partition coefficient (Wildman–Crippen LogP) is 3.88. The second-order valence-corrected chi connectivity index (χ2v) is 4.35. The van der Waals surface area contributed by atoms with Gasteiger partial charge in [-0.15, -0.1) is 0 Å². The fraction of sp³-hybridized carbons (Fsp3) is 0.222. The van der Waals surface area contributed by atoms with Gasteiger partial charge >= 0.3 is 6.61 Å². The molecule has 0 heterocycles. The molecule has 0 amide bonds. The molecule has 0 aliphatic rings. The number of alkyl halides is 2. The van der Waals surface area contributed by atoms with E-state index >= 15 is 0 Å². The van der Waals surface area contributed by atoms with Crippen LogP contribution in [0.4, 0.5) is 8.78 Å². The van der Waals surface area contributed by atoms with Crippen molar-refractivity contribution in [2.75, 3.05) is 0 Å². The lowest BCUT2D eigenvalue weighted by molar-refractivity contribution is -0.0504. The van der Waals surface area contributed by atoms with Crippen molar-refractivity contribution >= 4 is 31.9 Å². The molecular weight excluding hydrogens is 336 g/mol. The van der Waals surface area contributed by atoms with E-state index in [1.54, 1.807) is 6.07 Å². The zero-order valence-electron chi connectivity index (χ0n) is 7.31. The molecule has 15 heavy (non-hydrogen) atoms. The first-order chi connectivity index (χ1) is 7.04. The van der Waals surface area contributed by atoms with Crippen LogP contribution in [0.2, 0.25) is 0 Å². The van der Waals surface area contributed by atoms with E-state index in [2.05, 4.69) is 36.6 Å². The SMILES string of the molecule is N#CCc1c(Br)cc(Br)cc1OC(F)F. The Balaban J connectivity index is 3.15. The number of benzene rings is 1. The van der Waals surface area contributed by atoms with E-state index in [0.717, 1.165) is 0 Å². The minimum Gasteiger partial charge on any atom is -0.434 e. The summed E-state index contributed by atoms with van der Waals surface area (Å²) in [7, 11) is 0. The molecule has 1 rings (SSSR count). The standard InChI is InChI=1S/C9H5Br2F2NO/c10-5-3-7(11)6(1-2-14)8(4-5)15-9(12)13/h3-4,9H,1H2. The first-order valence-electron chi connectivity index (χ1n) is 3.84. The molecule has 0 spiro atoms. The Morgan fingerprint density at radius 3 is 2.60 bits per heavy atom. The van der Waals surface area contributed by atoms with Gasteiger partial charge in [-0.1, -0.05) is 31.9 Å². The molecule has 0 aliphatic carbocycles. The molecule has 1 aromatic rings. The molecule has 0 radical (unpaired) electrons. The van der Waals surface area contributed by atoms with Crippen LogP contribution in [0.15, 0.2) is 21.1 Å². The van der Waals surface area contributed by atoms with Gasteiger partial charge in [0.15, 0.2) is 0 Å². The van der Waals surface area contributed by atoms with E-state index in [9.17, 15) is 8.78 Å². The lowest BCUT2D eigenvalue weighted by atomic mass is 10.1. The summed E-state index contributed by atoms with van der Waals surface area (Å²) < 4.78 is 29.6. The molecule has 0 N–H and O–H groups in total. The monoisotopic (exact) mass is 339 g/mol. The van der Waals surface area contributed by atoms with Crippen molar-refractivity contribution in [3.63, 3.8) is 0 Å². The Kier molecular flexibility index (Phi) is 4.48. The van der Waals surface area contributed by atoms with Gasteiger partial charge in [-0.05, 0) is 12.1 Å². The highest BCUT2D eigenvalue weighted by Crippen LogP contribution is 2.32. The Labute approximate surface area is 102 Å². The number of nitrogens with zero attached hydrogens (tertiary/aromatic N) is 1. The third kappa shape index (κ3) is 3.43. The van der Waals surface area contributed by atoms with Crippen LogP contribution in [0.5, 0.6) is 5.75 Å². The number of hydrogen-bond acceptors (Lipinski definition) is 2. The highest BCUT2D eigenvalue weighted by Gasteiger charge is 2.13. The van der Waals surface area contributed by atoms with Gasteiger partial charge in [0, 0.05) is 14.5 Å². The summed E-state index contributed by atoms with van der Waals surface area (Å²) in [5.74, 6) is 0.00722. The van der Waals surface area contributed by atoms with Crippen LogP contribution in [-0.4, -0.2) is 6.61 Å². The normalized spacial score (nSPS) is 10.1.